The highest BCUT2D eigenvalue weighted by Gasteiger charge is 2.31. The van der Waals surface area contributed by atoms with Gasteiger partial charge in [0.05, 0.1) is 23.0 Å². The molecule has 7 nitrogen and oxygen atoms in total. The minimum atomic E-state index is -4.47. The van der Waals surface area contributed by atoms with Crippen LogP contribution < -0.4 is 5.32 Å². The number of rotatable bonds is 4. The number of pyridine rings is 1. The van der Waals surface area contributed by atoms with Gasteiger partial charge in [-0.15, -0.1) is 0 Å². The number of nitrogens with one attached hydrogen (secondary N) is 1. The van der Waals surface area contributed by atoms with Gasteiger partial charge in [0.2, 0.25) is 5.91 Å². The van der Waals surface area contributed by atoms with E-state index >= 15 is 0 Å². The number of hydrogen-bond acceptors (Lipinski definition) is 4. The van der Waals surface area contributed by atoms with Crippen LogP contribution in [0.15, 0.2) is 24.5 Å². The average Bonchev–Trinajstić information content (AvgIpc) is 3.08. The molecular weight excluding hydrogens is 399 g/mol. The summed E-state index contributed by atoms with van der Waals surface area (Å²) in [5.74, 6) is -0.122. The Morgan fingerprint density at radius 1 is 1.17 bits per heavy atom. The van der Waals surface area contributed by atoms with Crippen LogP contribution >= 0.6 is 0 Å². The number of carbonyl (C=O) groups is 2. The minimum Gasteiger partial charge on any atom is -0.354 e. The van der Waals surface area contributed by atoms with Crippen LogP contribution in [-0.2, 0) is 11.0 Å². The molecule has 1 saturated heterocycles. The Hall–Kier alpha value is -2.91. The zero-order valence-electron chi connectivity index (χ0n) is 17.0. The monoisotopic (exact) mass is 423 g/mol. The van der Waals surface area contributed by atoms with E-state index < -0.39 is 11.7 Å². The fraction of sp³-hybridized carbons (Fsp3) is 0.500. The predicted octanol–water partition coefficient (Wildman–Crippen LogP) is 2.97. The molecule has 3 rings (SSSR count). The van der Waals surface area contributed by atoms with Crippen molar-refractivity contribution in [2.45, 2.75) is 45.8 Å². The maximum Gasteiger partial charge on any atom is 0.417 e. The summed E-state index contributed by atoms with van der Waals surface area (Å²) in [5, 5.41) is 7.03. The maximum atomic E-state index is 12.9. The van der Waals surface area contributed by atoms with Crippen LogP contribution in [0.3, 0.4) is 0 Å². The molecule has 0 aliphatic carbocycles. The largest absolute Gasteiger partial charge is 0.417 e. The van der Waals surface area contributed by atoms with E-state index in [1.807, 2.05) is 13.8 Å². The van der Waals surface area contributed by atoms with E-state index in [0.29, 0.717) is 37.2 Å². The molecule has 2 amide bonds. The first-order valence-electron chi connectivity index (χ1n) is 9.76. The molecule has 1 aliphatic heterocycles. The summed E-state index contributed by atoms with van der Waals surface area (Å²) in [6, 6.07) is 2.22. The quantitative estimate of drug-likeness (QED) is 0.820. The summed E-state index contributed by atoms with van der Waals surface area (Å²) in [7, 11) is 0. The van der Waals surface area contributed by atoms with Crippen molar-refractivity contribution in [2.75, 3.05) is 13.1 Å². The van der Waals surface area contributed by atoms with Crippen molar-refractivity contribution in [1.29, 1.82) is 0 Å². The molecule has 2 aromatic rings. The summed E-state index contributed by atoms with van der Waals surface area (Å²) in [5.41, 5.74) is 0.00504. The molecule has 10 heteroatoms. The summed E-state index contributed by atoms with van der Waals surface area (Å²) in [6.45, 7) is 6.39. The van der Waals surface area contributed by atoms with Crippen LogP contribution in [0.1, 0.15) is 48.3 Å². The predicted molar refractivity (Wildman–Crippen MR) is 103 cm³/mol. The van der Waals surface area contributed by atoms with Gasteiger partial charge in [0.15, 0.2) is 5.82 Å². The number of halogens is 3. The Kier molecular flexibility index (Phi) is 6.14. The fourth-order valence-corrected chi connectivity index (χ4v) is 3.45. The molecule has 30 heavy (non-hydrogen) atoms. The lowest BCUT2D eigenvalue weighted by atomic mass is 9.95. The van der Waals surface area contributed by atoms with Crippen molar-refractivity contribution in [3.63, 3.8) is 0 Å². The number of amides is 2. The van der Waals surface area contributed by atoms with E-state index in [0.717, 1.165) is 12.3 Å². The van der Waals surface area contributed by atoms with Gasteiger partial charge in [-0.2, -0.15) is 18.3 Å². The Bertz CT molecular complexity index is 914. The molecule has 1 fully saturated rings. The van der Waals surface area contributed by atoms with E-state index in [1.54, 1.807) is 11.8 Å². The van der Waals surface area contributed by atoms with Crippen molar-refractivity contribution in [3.8, 4) is 5.82 Å². The standard InChI is InChI=1S/C20H24F3N5O2/c1-12(2)26-18(29)14-6-8-27(9-7-14)19(30)16-11-25-28(13(16)3)17-5-4-15(10-24-17)20(21,22)23/h4-5,10-12,14H,6-9H2,1-3H3,(H,26,29). The molecule has 0 unspecified atom stereocenters. The highest BCUT2D eigenvalue weighted by Crippen LogP contribution is 2.29. The smallest absolute Gasteiger partial charge is 0.354 e. The average molecular weight is 423 g/mol. The molecule has 0 radical (unpaired) electrons. The van der Waals surface area contributed by atoms with Crippen molar-refractivity contribution < 1.29 is 22.8 Å². The third kappa shape index (κ3) is 4.63. The summed E-state index contributed by atoms with van der Waals surface area (Å²) in [6.07, 6.45) is -1.17. The lowest BCUT2D eigenvalue weighted by Crippen LogP contribution is -2.44. The van der Waals surface area contributed by atoms with Gasteiger partial charge in [-0.3, -0.25) is 9.59 Å². The molecular formula is C20H24F3N5O2. The second kappa shape index (κ2) is 8.45. The van der Waals surface area contributed by atoms with E-state index in [2.05, 4.69) is 15.4 Å². The van der Waals surface area contributed by atoms with Crippen molar-refractivity contribution in [2.24, 2.45) is 5.92 Å². The molecule has 2 aromatic heterocycles. The van der Waals surface area contributed by atoms with E-state index in [4.69, 9.17) is 0 Å². The Balaban J connectivity index is 1.69. The van der Waals surface area contributed by atoms with Crippen LogP contribution in [0.25, 0.3) is 5.82 Å². The zero-order chi connectivity index (χ0) is 22.1. The van der Waals surface area contributed by atoms with E-state index in [1.165, 1.54) is 16.9 Å². The van der Waals surface area contributed by atoms with Crippen LogP contribution in [0.2, 0.25) is 0 Å². The van der Waals surface area contributed by atoms with Gasteiger partial charge in [-0.25, -0.2) is 9.67 Å². The highest BCUT2D eigenvalue weighted by molar-refractivity contribution is 5.95. The van der Waals surface area contributed by atoms with Crippen LogP contribution in [0, 0.1) is 12.8 Å². The zero-order valence-corrected chi connectivity index (χ0v) is 17.0. The number of likely N-dealkylation sites (tertiary alicyclic amines) is 1. The summed E-state index contributed by atoms with van der Waals surface area (Å²) < 4.78 is 39.5. The summed E-state index contributed by atoms with van der Waals surface area (Å²) >= 11 is 0. The number of alkyl halides is 3. The molecule has 0 spiro atoms. The van der Waals surface area contributed by atoms with Gasteiger partial charge < -0.3 is 10.2 Å². The Labute approximate surface area is 172 Å². The molecule has 0 saturated carbocycles. The summed E-state index contributed by atoms with van der Waals surface area (Å²) in [4.78, 5) is 30.6. The van der Waals surface area contributed by atoms with Gasteiger partial charge in [0.1, 0.15) is 0 Å². The van der Waals surface area contributed by atoms with Crippen molar-refractivity contribution in [1.82, 2.24) is 25.0 Å². The molecule has 1 N–H and O–H groups in total. The van der Waals surface area contributed by atoms with Gasteiger partial charge in [0, 0.05) is 31.2 Å². The third-order valence-corrected chi connectivity index (χ3v) is 5.12. The normalized spacial score (nSPS) is 15.5. The lowest BCUT2D eigenvalue weighted by Gasteiger charge is -2.31. The molecule has 1 aliphatic rings. The number of piperidine rings is 1. The number of aromatic nitrogens is 3. The number of nitrogens with zero attached hydrogens (tertiary/aromatic N) is 4. The van der Waals surface area contributed by atoms with Crippen LogP contribution in [-0.4, -0.2) is 50.6 Å². The van der Waals surface area contributed by atoms with Gasteiger partial charge >= 0.3 is 6.18 Å². The maximum absolute atomic E-state index is 12.9. The van der Waals surface area contributed by atoms with Crippen molar-refractivity contribution >= 4 is 11.8 Å². The first-order valence-corrected chi connectivity index (χ1v) is 9.76. The molecule has 3 heterocycles. The van der Waals surface area contributed by atoms with Gasteiger partial charge in [-0.05, 0) is 45.7 Å². The molecule has 0 atom stereocenters. The molecule has 162 valence electrons. The Morgan fingerprint density at radius 3 is 2.37 bits per heavy atom. The van der Waals surface area contributed by atoms with Crippen molar-refractivity contribution in [3.05, 3.63) is 41.3 Å². The van der Waals surface area contributed by atoms with Gasteiger partial charge in [-0.1, -0.05) is 0 Å². The van der Waals surface area contributed by atoms with Gasteiger partial charge in [0.25, 0.3) is 5.91 Å². The second-order valence-electron chi connectivity index (χ2n) is 7.69. The molecule has 0 bridgehead atoms. The topological polar surface area (TPSA) is 80.1 Å². The lowest BCUT2D eigenvalue weighted by molar-refractivity contribution is -0.137. The number of carbonyl (C=O) groups excluding carboxylic acids is 2. The first kappa shape index (κ1) is 21.8. The fourth-order valence-electron chi connectivity index (χ4n) is 3.45. The first-order chi connectivity index (χ1) is 14.1. The SMILES string of the molecule is Cc1c(C(=O)N2CCC(C(=O)NC(C)C)CC2)cnn1-c1ccc(C(F)(F)F)cn1. The third-order valence-electron chi connectivity index (χ3n) is 5.12. The molecule has 0 aromatic carbocycles. The van der Waals surface area contributed by atoms with Crippen LogP contribution in [0.5, 0.6) is 0 Å². The van der Waals surface area contributed by atoms with Crippen LogP contribution in [0.4, 0.5) is 13.2 Å². The minimum absolute atomic E-state index is 0.00878. The van der Waals surface area contributed by atoms with E-state index in [9.17, 15) is 22.8 Å². The number of hydrogen-bond donors (Lipinski definition) is 1. The Morgan fingerprint density at radius 2 is 1.83 bits per heavy atom. The highest BCUT2D eigenvalue weighted by atomic mass is 19.4. The van der Waals surface area contributed by atoms with E-state index in [-0.39, 0.29) is 29.6 Å². The second-order valence-corrected chi connectivity index (χ2v) is 7.69.